The highest BCUT2D eigenvalue weighted by molar-refractivity contribution is 5.69. The molecule has 0 spiro atoms. The molecule has 0 saturated carbocycles. The highest BCUT2D eigenvalue weighted by Gasteiger charge is 2.27. The minimum atomic E-state index is -0.244. The van der Waals surface area contributed by atoms with E-state index in [1.165, 1.54) is 32.1 Å². The fraction of sp³-hybridized carbons (Fsp3) is 0.750. The average Bonchev–Trinajstić information content (AvgIpc) is 2.73. The van der Waals surface area contributed by atoms with Crippen LogP contribution in [-0.2, 0) is 6.42 Å². The monoisotopic (exact) mass is 410 g/mol. The van der Waals surface area contributed by atoms with Gasteiger partial charge in [-0.2, -0.15) is 0 Å². The van der Waals surface area contributed by atoms with Crippen LogP contribution in [-0.4, -0.2) is 30.0 Å². The van der Waals surface area contributed by atoms with E-state index in [2.05, 4.69) is 6.92 Å². The second-order valence-corrected chi connectivity index (χ2v) is 7.58. The molecule has 1 aromatic rings. The van der Waals surface area contributed by atoms with Crippen molar-refractivity contribution in [2.45, 2.75) is 98.3 Å². The van der Waals surface area contributed by atoms with E-state index in [1.807, 2.05) is 20.8 Å². The number of phenolic OH excluding ortho intramolecular Hbond substituents is 2. The zero-order valence-corrected chi connectivity index (χ0v) is 19.0. The molecular formula is C24H42O5. The summed E-state index contributed by atoms with van der Waals surface area (Å²) in [5.41, 5.74) is 0.624. The molecule has 29 heavy (non-hydrogen) atoms. The van der Waals surface area contributed by atoms with Gasteiger partial charge in [0.1, 0.15) is 0 Å². The number of aromatic hydroxyl groups is 2. The van der Waals surface area contributed by atoms with Gasteiger partial charge >= 0.3 is 0 Å². The van der Waals surface area contributed by atoms with Crippen LogP contribution in [0.5, 0.6) is 28.7 Å². The molecule has 0 aromatic heterocycles. The Bertz CT molecular complexity index is 571. The lowest BCUT2D eigenvalue weighted by Crippen LogP contribution is -2.08. The van der Waals surface area contributed by atoms with Gasteiger partial charge in [-0.1, -0.05) is 66.2 Å². The molecule has 0 bridgehead atoms. The van der Waals surface area contributed by atoms with E-state index in [4.69, 9.17) is 14.2 Å². The van der Waals surface area contributed by atoms with Crippen molar-refractivity contribution in [3.05, 3.63) is 5.56 Å². The number of benzene rings is 1. The Morgan fingerprint density at radius 1 is 0.517 bits per heavy atom. The van der Waals surface area contributed by atoms with Gasteiger partial charge in [-0.15, -0.1) is 0 Å². The van der Waals surface area contributed by atoms with Gasteiger partial charge in [0.15, 0.2) is 11.5 Å². The highest BCUT2D eigenvalue weighted by atomic mass is 16.5. The summed E-state index contributed by atoms with van der Waals surface area (Å²) in [7, 11) is 0. The van der Waals surface area contributed by atoms with Gasteiger partial charge in [0, 0.05) is 5.56 Å². The van der Waals surface area contributed by atoms with E-state index in [0.717, 1.165) is 32.1 Å². The Balaban J connectivity index is 3.08. The number of ether oxygens (including phenoxy) is 3. The van der Waals surface area contributed by atoms with Crippen LogP contribution in [0.2, 0.25) is 0 Å². The van der Waals surface area contributed by atoms with Crippen molar-refractivity contribution < 1.29 is 24.4 Å². The number of unbranched alkanes of at least 4 members (excludes halogenated alkanes) is 6. The van der Waals surface area contributed by atoms with E-state index in [9.17, 15) is 10.2 Å². The molecule has 1 rings (SSSR count). The van der Waals surface area contributed by atoms with E-state index in [0.29, 0.717) is 43.3 Å². The van der Waals surface area contributed by atoms with Gasteiger partial charge in [0.2, 0.25) is 17.2 Å². The first-order valence-corrected chi connectivity index (χ1v) is 11.6. The van der Waals surface area contributed by atoms with Crippen molar-refractivity contribution in [1.82, 2.24) is 0 Å². The fourth-order valence-electron chi connectivity index (χ4n) is 3.23. The molecule has 0 amide bonds. The summed E-state index contributed by atoms with van der Waals surface area (Å²) in [5, 5.41) is 21.3. The first-order chi connectivity index (χ1) is 14.1. The quantitative estimate of drug-likeness (QED) is 0.219. The molecule has 0 aliphatic heterocycles. The van der Waals surface area contributed by atoms with E-state index in [-0.39, 0.29) is 17.2 Å². The molecule has 168 valence electrons. The molecule has 0 unspecified atom stereocenters. The third-order valence-electron chi connectivity index (χ3n) is 4.79. The normalized spacial score (nSPS) is 10.9. The zero-order valence-electron chi connectivity index (χ0n) is 19.0. The summed E-state index contributed by atoms with van der Waals surface area (Å²) < 4.78 is 17.7. The molecule has 0 fully saturated rings. The van der Waals surface area contributed by atoms with Crippen molar-refractivity contribution in [2.75, 3.05) is 19.8 Å². The third-order valence-corrected chi connectivity index (χ3v) is 4.79. The summed E-state index contributed by atoms with van der Waals surface area (Å²) in [5.74, 6) is 0.741. The minimum Gasteiger partial charge on any atom is -0.504 e. The smallest absolute Gasteiger partial charge is 0.211 e. The van der Waals surface area contributed by atoms with E-state index >= 15 is 0 Å². The van der Waals surface area contributed by atoms with Gasteiger partial charge in [-0.3, -0.25) is 0 Å². The van der Waals surface area contributed by atoms with Crippen molar-refractivity contribution in [3.63, 3.8) is 0 Å². The molecule has 1 aromatic carbocycles. The summed E-state index contributed by atoms with van der Waals surface area (Å²) >= 11 is 0. The summed E-state index contributed by atoms with van der Waals surface area (Å²) in [6, 6.07) is 0. The van der Waals surface area contributed by atoms with Crippen LogP contribution in [0.25, 0.3) is 0 Å². The fourth-order valence-corrected chi connectivity index (χ4v) is 3.23. The maximum Gasteiger partial charge on any atom is 0.211 e. The lowest BCUT2D eigenvalue weighted by molar-refractivity contribution is 0.230. The Morgan fingerprint density at radius 2 is 1.00 bits per heavy atom. The topological polar surface area (TPSA) is 68.2 Å². The van der Waals surface area contributed by atoms with Crippen LogP contribution in [0.15, 0.2) is 0 Å². The predicted molar refractivity (Wildman–Crippen MR) is 119 cm³/mol. The number of rotatable bonds is 17. The summed E-state index contributed by atoms with van der Waals surface area (Å²) in [4.78, 5) is 0. The van der Waals surface area contributed by atoms with Crippen LogP contribution in [0.1, 0.15) is 97.5 Å². The van der Waals surface area contributed by atoms with Crippen molar-refractivity contribution in [2.24, 2.45) is 0 Å². The van der Waals surface area contributed by atoms with Gasteiger partial charge in [-0.25, -0.2) is 0 Å². The average molecular weight is 411 g/mol. The first kappa shape index (κ1) is 25.3. The van der Waals surface area contributed by atoms with Crippen molar-refractivity contribution in [3.8, 4) is 28.7 Å². The van der Waals surface area contributed by atoms with Gasteiger partial charge in [0.25, 0.3) is 0 Å². The number of hydrogen-bond acceptors (Lipinski definition) is 5. The van der Waals surface area contributed by atoms with E-state index < -0.39 is 0 Å². The Morgan fingerprint density at radius 3 is 1.55 bits per heavy atom. The van der Waals surface area contributed by atoms with Crippen molar-refractivity contribution in [1.29, 1.82) is 0 Å². The van der Waals surface area contributed by atoms with Crippen LogP contribution in [0.4, 0.5) is 0 Å². The van der Waals surface area contributed by atoms with Gasteiger partial charge in [-0.05, 0) is 32.1 Å². The second-order valence-electron chi connectivity index (χ2n) is 7.58. The Labute approximate surface area is 177 Å². The molecule has 5 heteroatoms. The number of phenols is 2. The molecule has 2 N–H and O–H groups in total. The second kappa shape index (κ2) is 15.1. The lowest BCUT2D eigenvalue weighted by atomic mass is 10.0. The molecule has 5 nitrogen and oxygen atoms in total. The number of hydrogen-bond donors (Lipinski definition) is 2. The Hall–Kier alpha value is -1.78. The zero-order chi connectivity index (χ0) is 21.5. The van der Waals surface area contributed by atoms with Crippen LogP contribution in [0.3, 0.4) is 0 Å². The predicted octanol–water partition coefficient (Wildman–Crippen LogP) is 6.76. The molecule has 0 aliphatic rings. The Kier molecular flexibility index (Phi) is 13.2. The van der Waals surface area contributed by atoms with Crippen LogP contribution < -0.4 is 14.2 Å². The molecule has 0 radical (unpaired) electrons. The van der Waals surface area contributed by atoms with Crippen molar-refractivity contribution >= 4 is 0 Å². The standard InChI is InChI=1S/C24H42O5/c1-5-9-10-11-12-13-14-15-19-20(25)21(26)23(28-17-7-3)24(29-18-8-4)22(19)27-16-6-2/h25-26H,5-18H2,1-4H3. The molecule has 0 heterocycles. The summed E-state index contributed by atoms with van der Waals surface area (Å²) in [6.07, 6.45) is 11.4. The minimum absolute atomic E-state index is 0.142. The SMILES string of the molecule is CCCCCCCCCc1c(O)c(O)c(OCCC)c(OCCC)c1OCCC. The van der Waals surface area contributed by atoms with Crippen LogP contribution >= 0.6 is 0 Å². The third kappa shape index (κ3) is 8.23. The first-order valence-electron chi connectivity index (χ1n) is 11.6. The molecular weight excluding hydrogens is 368 g/mol. The maximum atomic E-state index is 10.7. The lowest BCUT2D eigenvalue weighted by Gasteiger charge is -2.22. The highest BCUT2D eigenvalue weighted by Crippen LogP contribution is 2.53. The van der Waals surface area contributed by atoms with E-state index in [1.54, 1.807) is 0 Å². The van der Waals surface area contributed by atoms with Gasteiger partial charge < -0.3 is 24.4 Å². The summed E-state index contributed by atoms with van der Waals surface area (Å²) in [6.45, 7) is 9.72. The molecule has 0 atom stereocenters. The maximum absolute atomic E-state index is 10.7. The molecule has 0 saturated heterocycles. The largest absolute Gasteiger partial charge is 0.504 e. The van der Waals surface area contributed by atoms with Crippen LogP contribution in [0, 0.1) is 0 Å². The molecule has 0 aliphatic carbocycles. The van der Waals surface area contributed by atoms with Gasteiger partial charge in [0.05, 0.1) is 19.8 Å².